The first-order chi connectivity index (χ1) is 10.0. The van der Waals surface area contributed by atoms with Gasteiger partial charge in [0.05, 0.1) is 33.4 Å². The summed E-state index contributed by atoms with van der Waals surface area (Å²) < 4.78 is 9.90. The van der Waals surface area contributed by atoms with Crippen LogP contribution in [0.5, 0.6) is 5.75 Å². The van der Waals surface area contributed by atoms with Crippen molar-refractivity contribution >= 4 is 5.97 Å². The van der Waals surface area contributed by atoms with Gasteiger partial charge in [-0.2, -0.15) is 0 Å². The number of aliphatic hydroxyl groups is 2. The number of ether oxygens (including phenoxy) is 2. The second-order valence-corrected chi connectivity index (χ2v) is 4.75. The van der Waals surface area contributed by atoms with Crippen LogP contribution in [-0.2, 0) is 9.53 Å². The van der Waals surface area contributed by atoms with Gasteiger partial charge in [-0.1, -0.05) is 11.6 Å². The Balaban J connectivity index is 2.99. The Kier molecular flexibility index (Phi) is 7.14. The molecule has 1 rings (SSSR count). The summed E-state index contributed by atoms with van der Waals surface area (Å²) in [5, 5.41) is 22.4. The van der Waals surface area contributed by atoms with Gasteiger partial charge in [-0.05, 0) is 19.1 Å². The SMILES string of the molecule is COC(=O)CC(NCCO)C(O)c1cc(C)ccc1OC. The Morgan fingerprint density at radius 1 is 1.38 bits per heavy atom. The number of benzene rings is 1. The molecule has 0 radical (unpaired) electrons. The summed E-state index contributed by atoms with van der Waals surface area (Å²) in [6.45, 7) is 2.09. The molecule has 0 spiro atoms. The van der Waals surface area contributed by atoms with Crippen LogP contribution in [0.25, 0.3) is 0 Å². The summed E-state index contributed by atoms with van der Waals surface area (Å²) in [6, 6.07) is 4.90. The number of aliphatic hydroxyl groups excluding tert-OH is 2. The van der Waals surface area contributed by atoms with Crippen molar-refractivity contribution in [1.29, 1.82) is 0 Å². The Labute approximate surface area is 124 Å². The zero-order valence-corrected chi connectivity index (χ0v) is 12.6. The lowest BCUT2D eigenvalue weighted by Gasteiger charge is -2.25. The molecule has 6 heteroatoms. The van der Waals surface area contributed by atoms with E-state index in [2.05, 4.69) is 10.1 Å². The molecule has 0 aliphatic heterocycles. The third-order valence-corrected chi connectivity index (χ3v) is 3.22. The van der Waals surface area contributed by atoms with Crippen molar-refractivity contribution < 1.29 is 24.5 Å². The number of hydrogen-bond donors (Lipinski definition) is 3. The molecular formula is C15H23NO5. The molecule has 0 saturated carbocycles. The lowest BCUT2D eigenvalue weighted by Crippen LogP contribution is -2.39. The van der Waals surface area contributed by atoms with Gasteiger partial charge in [0.25, 0.3) is 0 Å². The van der Waals surface area contributed by atoms with Gasteiger partial charge in [0.15, 0.2) is 0 Å². The molecule has 1 aromatic carbocycles. The number of nitrogens with one attached hydrogen (secondary N) is 1. The molecule has 0 aliphatic carbocycles. The van der Waals surface area contributed by atoms with Crippen LogP contribution < -0.4 is 10.1 Å². The number of carbonyl (C=O) groups excluding carboxylic acids is 1. The molecule has 6 nitrogen and oxygen atoms in total. The predicted octanol–water partition coefficient (Wildman–Crippen LogP) is 0.551. The van der Waals surface area contributed by atoms with E-state index in [0.29, 0.717) is 11.3 Å². The van der Waals surface area contributed by atoms with Gasteiger partial charge in [-0.3, -0.25) is 4.79 Å². The summed E-state index contributed by atoms with van der Waals surface area (Å²) in [7, 11) is 2.82. The summed E-state index contributed by atoms with van der Waals surface area (Å²) in [4.78, 5) is 11.5. The van der Waals surface area contributed by atoms with Crippen LogP contribution in [0.3, 0.4) is 0 Å². The molecule has 0 bridgehead atoms. The van der Waals surface area contributed by atoms with E-state index in [1.165, 1.54) is 14.2 Å². The number of methoxy groups -OCH3 is 2. The van der Waals surface area contributed by atoms with E-state index in [1.807, 2.05) is 19.1 Å². The van der Waals surface area contributed by atoms with Gasteiger partial charge in [0.2, 0.25) is 0 Å². The molecule has 2 unspecified atom stereocenters. The minimum Gasteiger partial charge on any atom is -0.496 e. The number of rotatable bonds is 8. The first kappa shape index (κ1) is 17.4. The van der Waals surface area contributed by atoms with Crippen LogP contribution in [0.1, 0.15) is 23.7 Å². The lowest BCUT2D eigenvalue weighted by molar-refractivity contribution is -0.142. The largest absolute Gasteiger partial charge is 0.496 e. The Morgan fingerprint density at radius 2 is 2.10 bits per heavy atom. The average Bonchev–Trinajstić information content (AvgIpc) is 2.50. The van der Waals surface area contributed by atoms with Gasteiger partial charge >= 0.3 is 5.97 Å². The molecule has 0 heterocycles. The molecule has 21 heavy (non-hydrogen) atoms. The molecule has 118 valence electrons. The van der Waals surface area contributed by atoms with Crippen molar-refractivity contribution in [1.82, 2.24) is 5.32 Å². The fourth-order valence-corrected chi connectivity index (χ4v) is 2.11. The molecule has 0 aliphatic rings. The van der Waals surface area contributed by atoms with Crippen LogP contribution in [0, 0.1) is 6.92 Å². The van der Waals surface area contributed by atoms with Gasteiger partial charge in [0.1, 0.15) is 5.75 Å². The standard InChI is InChI=1S/C15H23NO5/c1-10-4-5-13(20-2)11(8-10)15(19)12(16-6-7-17)9-14(18)21-3/h4-5,8,12,15-17,19H,6-7,9H2,1-3H3. The molecule has 0 saturated heterocycles. The highest BCUT2D eigenvalue weighted by Crippen LogP contribution is 2.29. The molecule has 0 fully saturated rings. The van der Waals surface area contributed by atoms with Gasteiger partial charge < -0.3 is 25.0 Å². The van der Waals surface area contributed by atoms with E-state index in [1.54, 1.807) is 6.07 Å². The number of hydrogen-bond acceptors (Lipinski definition) is 6. The van der Waals surface area contributed by atoms with Crippen LogP contribution in [-0.4, -0.2) is 49.6 Å². The maximum absolute atomic E-state index is 11.5. The highest BCUT2D eigenvalue weighted by Gasteiger charge is 2.26. The van der Waals surface area contributed by atoms with E-state index >= 15 is 0 Å². The second-order valence-electron chi connectivity index (χ2n) is 4.75. The average molecular weight is 297 g/mol. The summed E-state index contributed by atoms with van der Waals surface area (Å²) in [5.74, 6) is 0.116. The molecule has 3 N–H and O–H groups in total. The third-order valence-electron chi connectivity index (χ3n) is 3.22. The first-order valence-electron chi connectivity index (χ1n) is 6.77. The number of carbonyl (C=O) groups is 1. The van der Waals surface area contributed by atoms with Gasteiger partial charge in [-0.15, -0.1) is 0 Å². The zero-order valence-electron chi connectivity index (χ0n) is 12.6. The molecule has 2 atom stereocenters. The normalized spacial score (nSPS) is 13.6. The minimum absolute atomic E-state index is 0.00520. The summed E-state index contributed by atoms with van der Waals surface area (Å²) in [5.41, 5.74) is 1.57. The fraction of sp³-hybridized carbons (Fsp3) is 0.533. The van der Waals surface area contributed by atoms with Crippen molar-refractivity contribution in [2.45, 2.75) is 25.5 Å². The van der Waals surface area contributed by atoms with Gasteiger partial charge in [-0.25, -0.2) is 0 Å². The van der Waals surface area contributed by atoms with Crippen LogP contribution in [0.15, 0.2) is 18.2 Å². The van der Waals surface area contributed by atoms with Crippen LogP contribution in [0.4, 0.5) is 0 Å². The maximum Gasteiger partial charge on any atom is 0.307 e. The third kappa shape index (κ3) is 5.00. The topological polar surface area (TPSA) is 88.0 Å². The van der Waals surface area contributed by atoms with Crippen molar-refractivity contribution in [3.63, 3.8) is 0 Å². The predicted molar refractivity (Wildman–Crippen MR) is 78.2 cm³/mol. The second kappa shape index (κ2) is 8.61. The highest BCUT2D eigenvalue weighted by molar-refractivity contribution is 5.70. The quantitative estimate of drug-likeness (QED) is 0.607. The van der Waals surface area contributed by atoms with E-state index in [9.17, 15) is 9.90 Å². The van der Waals surface area contributed by atoms with E-state index in [0.717, 1.165) is 5.56 Å². The zero-order chi connectivity index (χ0) is 15.8. The van der Waals surface area contributed by atoms with Crippen LogP contribution in [0.2, 0.25) is 0 Å². The minimum atomic E-state index is -0.953. The summed E-state index contributed by atoms with van der Waals surface area (Å²) in [6.07, 6.45) is -0.958. The van der Waals surface area contributed by atoms with Crippen molar-refractivity contribution in [3.05, 3.63) is 29.3 Å². The number of aryl methyl sites for hydroxylation is 1. The van der Waals surface area contributed by atoms with Crippen LogP contribution >= 0.6 is 0 Å². The lowest BCUT2D eigenvalue weighted by atomic mass is 9.97. The fourth-order valence-electron chi connectivity index (χ4n) is 2.11. The molecule has 0 aromatic heterocycles. The number of esters is 1. The van der Waals surface area contributed by atoms with Crippen molar-refractivity contribution in [2.24, 2.45) is 0 Å². The molecule has 0 amide bonds. The maximum atomic E-state index is 11.5. The highest BCUT2D eigenvalue weighted by atomic mass is 16.5. The van der Waals surface area contributed by atoms with Gasteiger partial charge in [0, 0.05) is 18.2 Å². The smallest absolute Gasteiger partial charge is 0.307 e. The van der Waals surface area contributed by atoms with E-state index < -0.39 is 18.1 Å². The molecule has 1 aromatic rings. The van der Waals surface area contributed by atoms with Crippen molar-refractivity contribution in [2.75, 3.05) is 27.4 Å². The Bertz CT molecular complexity index is 463. The van der Waals surface area contributed by atoms with E-state index in [-0.39, 0.29) is 19.6 Å². The Hall–Kier alpha value is -1.63. The summed E-state index contributed by atoms with van der Waals surface area (Å²) >= 11 is 0. The molecular weight excluding hydrogens is 274 g/mol. The van der Waals surface area contributed by atoms with Crippen molar-refractivity contribution in [3.8, 4) is 5.75 Å². The monoisotopic (exact) mass is 297 g/mol. The van der Waals surface area contributed by atoms with E-state index in [4.69, 9.17) is 9.84 Å². The first-order valence-corrected chi connectivity index (χ1v) is 6.77. The Morgan fingerprint density at radius 3 is 2.67 bits per heavy atom.